The summed E-state index contributed by atoms with van der Waals surface area (Å²) in [4.78, 5) is 11.8. The zero-order valence-electron chi connectivity index (χ0n) is 13.5. The van der Waals surface area contributed by atoms with E-state index in [4.69, 9.17) is 0 Å². The van der Waals surface area contributed by atoms with Gasteiger partial charge in [0.2, 0.25) is 0 Å². The minimum absolute atomic E-state index is 0.721. The van der Waals surface area contributed by atoms with E-state index in [0.29, 0.717) is 0 Å². The molecule has 3 fully saturated rings. The van der Waals surface area contributed by atoms with Crippen LogP contribution < -0.4 is 0 Å². The molecule has 0 radical (unpaired) electrons. The topological polar surface area (TPSA) is 29.0 Å². The Morgan fingerprint density at radius 3 is 2.55 bits per heavy atom. The van der Waals surface area contributed by atoms with Gasteiger partial charge in [0, 0.05) is 24.2 Å². The van der Waals surface area contributed by atoms with E-state index in [0.717, 1.165) is 16.2 Å². The molecule has 0 N–H and O–H groups in total. The van der Waals surface area contributed by atoms with Crippen molar-refractivity contribution in [2.45, 2.75) is 60.8 Å². The Morgan fingerprint density at radius 2 is 1.86 bits per heavy atom. The minimum Gasteiger partial charge on any atom is -0.302 e. The predicted octanol–water partition coefficient (Wildman–Crippen LogP) is 4.34. The van der Waals surface area contributed by atoms with Crippen molar-refractivity contribution >= 4 is 23.5 Å². The van der Waals surface area contributed by atoms with Crippen LogP contribution in [-0.2, 0) is 0 Å². The second kappa shape index (κ2) is 8.55. The number of hydrogen-bond donors (Lipinski definition) is 0. The van der Waals surface area contributed by atoms with E-state index in [-0.39, 0.29) is 0 Å². The van der Waals surface area contributed by atoms with Crippen molar-refractivity contribution in [1.82, 2.24) is 14.9 Å². The van der Waals surface area contributed by atoms with Crippen LogP contribution >= 0.6 is 23.5 Å². The summed E-state index contributed by atoms with van der Waals surface area (Å²) in [6.45, 7) is 6.12. The van der Waals surface area contributed by atoms with Gasteiger partial charge in [-0.15, -0.1) is 11.8 Å². The second-order valence-corrected chi connectivity index (χ2v) is 8.68. The van der Waals surface area contributed by atoms with Crippen LogP contribution in [0, 0.1) is 5.92 Å². The fraction of sp³-hybridized carbons (Fsp3) is 0.765. The molecule has 1 aromatic rings. The summed E-state index contributed by atoms with van der Waals surface area (Å²) >= 11 is 3.88. The predicted molar refractivity (Wildman–Crippen MR) is 95.7 cm³/mol. The molecule has 2 bridgehead atoms. The van der Waals surface area contributed by atoms with Crippen LogP contribution in [-0.4, -0.2) is 45.5 Å². The maximum Gasteiger partial charge on any atom is 0.129 e. The number of hydrogen-bond acceptors (Lipinski definition) is 5. The Balaban J connectivity index is 1.54. The van der Waals surface area contributed by atoms with E-state index in [1.54, 1.807) is 0 Å². The Morgan fingerprint density at radius 1 is 1.09 bits per heavy atom. The van der Waals surface area contributed by atoms with Gasteiger partial charge in [-0.05, 0) is 44.0 Å². The van der Waals surface area contributed by atoms with Gasteiger partial charge in [-0.2, -0.15) is 0 Å². The maximum absolute atomic E-state index is 4.63. The van der Waals surface area contributed by atoms with Gasteiger partial charge in [-0.25, -0.2) is 9.97 Å². The monoisotopic (exact) mass is 337 g/mol. The van der Waals surface area contributed by atoms with Gasteiger partial charge in [0.1, 0.15) is 10.1 Å². The van der Waals surface area contributed by atoms with Crippen LogP contribution in [0.5, 0.6) is 0 Å². The van der Waals surface area contributed by atoms with Crippen LogP contribution in [0.3, 0.4) is 0 Å². The average Bonchev–Trinajstić information content (AvgIpc) is 2.57. The molecule has 0 spiro atoms. The molecule has 0 saturated carbocycles. The van der Waals surface area contributed by atoms with Gasteiger partial charge >= 0.3 is 0 Å². The fourth-order valence-electron chi connectivity index (χ4n) is 3.38. The smallest absolute Gasteiger partial charge is 0.129 e. The summed E-state index contributed by atoms with van der Waals surface area (Å²) in [6, 6.07) is 0. The number of unbranched alkanes of at least 4 members (excludes halogenated alkanes) is 3. The van der Waals surface area contributed by atoms with Gasteiger partial charge in [0.05, 0.1) is 0 Å². The molecular formula is C17H27N3S2. The molecule has 1 atom stereocenters. The number of aromatic nitrogens is 2. The quantitative estimate of drug-likeness (QED) is 0.520. The van der Waals surface area contributed by atoms with Crippen LogP contribution in [0.1, 0.15) is 45.4 Å². The number of fused-ring (bicyclic) bond motifs is 3. The molecule has 4 rings (SSSR count). The third-order valence-corrected chi connectivity index (χ3v) is 7.28. The highest BCUT2D eigenvalue weighted by atomic mass is 32.2. The van der Waals surface area contributed by atoms with E-state index < -0.39 is 0 Å². The lowest BCUT2D eigenvalue weighted by Gasteiger charge is -2.44. The normalized spacial score (nSPS) is 27.2. The van der Waals surface area contributed by atoms with E-state index >= 15 is 0 Å². The molecule has 0 amide bonds. The summed E-state index contributed by atoms with van der Waals surface area (Å²) in [5.74, 6) is 2.06. The summed E-state index contributed by atoms with van der Waals surface area (Å²) in [7, 11) is 0. The maximum atomic E-state index is 4.63. The van der Waals surface area contributed by atoms with Crippen molar-refractivity contribution in [2.75, 3.05) is 25.4 Å². The molecule has 3 aliphatic heterocycles. The highest BCUT2D eigenvalue weighted by Gasteiger charge is 2.35. The van der Waals surface area contributed by atoms with Crippen molar-refractivity contribution < 1.29 is 0 Å². The number of piperidine rings is 3. The van der Waals surface area contributed by atoms with E-state index in [1.165, 1.54) is 68.9 Å². The van der Waals surface area contributed by atoms with Crippen molar-refractivity contribution in [3.8, 4) is 0 Å². The Kier molecular flexibility index (Phi) is 6.45. The van der Waals surface area contributed by atoms with Crippen molar-refractivity contribution in [2.24, 2.45) is 5.92 Å². The van der Waals surface area contributed by atoms with Crippen molar-refractivity contribution in [1.29, 1.82) is 0 Å². The zero-order chi connectivity index (χ0) is 15.2. The first-order valence-corrected chi connectivity index (χ1v) is 10.6. The van der Waals surface area contributed by atoms with Crippen LogP contribution in [0.25, 0.3) is 0 Å². The Labute approximate surface area is 143 Å². The highest BCUT2D eigenvalue weighted by Crippen LogP contribution is 2.40. The molecule has 122 valence electrons. The third kappa shape index (κ3) is 4.39. The number of thioether (sulfide) groups is 2. The first kappa shape index (κ1) is 16.6. The van der Waals surface area contributed by atoms with Crippen molar-refractivity contribution in [3.05, 3.63) is 12.4 Å². The second-order valence-electron chi connectivity index (χ2n) is 6.37. The summed E-state index contributed by atoms with van der Waals surface area (Å²) in [6.07, 6.45) is 11.7. The van der Waals surface area contributed by atoms with E-state index in [9.17, 15) is 0 Å². The first-order valence-electron chi connectivity index (χ1n) is 8.69. The Hall–Kier alpha value is -0.260. The van der Waals surface area contributed by atoms with Gasteiger partial charge in [-0.3, -0.25) is 0 Å². The van der Waals surface area contributed by atoms with Crippen LogP contribution in [0.2, 0.25) is 0 Å². The molecule has 3 nitrogen and oxygen atoms in total. The van der Waals surface area contributed by atoms with Gasteiger partial charge in [0.25, 0.3) is 0 Å². The van der Waals surface area contributed by atoms with Crippen molar-refractivity contribution in [3.63, 3.8) is 0 Å². The number of rotatable bonds is 8. The lowest BCUT2D eigenvalue weighted by molar-refractivity contribution is 0.118. The first-order chi connectivity index (χ1) is 10.9. The number of nitrogens with zero attached hydrogens (tertiary/aromatic N) is 3. The van der Waals surface area contributed by atoms with E-state index in [1.807, 2.05) is 35.9 Å². The third-order valence-electron chi connectivity index (χ3n) is 4.73. The average molecular weight is 338 g/mol. The lowest BCUT2D eigenvalue weighted by atomic mass is 9.88. The molecular weight excluding hydrogens is 310 g/mol. The molecule has 5 heteroatoms. The minimum atomic E-state index is 0.721. The molecule has 22 heavy (non-hydrogen) atoms. The van der Waals surface area contributed by atoms with Gasteiger partial charge in [-0.1, -0.05) is 37.9 Å². The van der Waals surface area contributed by atoms with Crippen LogP contribution in [0.4, 0.5) is 0 Å². The molecule has 4 heterocycles. The van der Waals surface area contributed by atoms with E-state index in [2.05, 4.69) is 21.8 Å². The molecule has 1 unspecified atom stereocenters. The van der Waals surface area contributed by atoms with Crippen LogP contribution in [0.15, 0.2) is 22.4 Å². The lowest BCUT2D eigenvalue weighted by Crippen LogP contribution is -2.49. The molecule has 0 aromatic carbocycles. The van der Waals surface area contributed by atoms with Gasteiger partial charge in [0.15, 0.2) is 0 Å². The summed E-state index contributed by atoms with van der Waals surface area (Å²) < 4.78 is 0. The molecule has 3 saturated heterocycles. The molecule has 3 aliphatic rings. The largest absolute Gasteiger partial charge is 0.302 e. The summed E-state index contributed by atoms with van der Waals surface area (Å²) in [5, 5.41) is 3.04. The standard InChI is InChI=1S/C17H27N3S2/c1-2-3-4-5-12-21-16-17(19-9-8-18-16)22-15-13-20-10-6-14(15)7-11-20/h8-9,14-15H,2-7,10-13H2,1H3. The SMILES string of the molecule is CCCCCCSc1nccnc1SC1CN2CCC1CC2. The molecule has 1 aromatic heterocycles. The zero-order valence-corrected chi connectivity index (χ0v) is 15.2. The Bertz CT molecular complexity index is 461. The van der Waals surface area contributed by atoms with Gasteiger partial charge < -0.3 is 4.90 Å². The fourth-order valence-corrected chi connectivity index (χ4v) is 5.86. The highest BCUT2D eigenvalue weighted by molar-refractivity contribution is 8.02. The summed E-state index contributed by atoms with van der Waals surface area (Å²) in [5.41, 5.74) is 0. The molecule has 0 aliphatic carbocycles.